The molecular weight excluding hydrogens is 404 g/mol. The molecule has 0 aliphatic carbocycles. The minimum absolute atomic E-state index is 0.190. The molecule has 1 fully saturated rings. The quantitative estimate of drug-likeness (QED) is 0.477. The van der Waals surface area contributed by atoms with Crippen molar-refractivity contribution in [2.75, 3.05) is 38.2 Å². The van der Waals surface area contributed by atoms with Gasteiger partial charge >= 0.3 is 0 Å². The highest BCUT2D eigenvalue weighted by atomic mass is 16.5. The van der Waals surface area contributed by atoms with Crippen LogP contribution in [0.25, 0.3) is 22.7 Å². The minimum atomic E-state index is 0.190. The van der Waals surface area contributed by atoms with E-state index in [-0.39, 0.29) is 6.04 Å². The first-order valence-electron chi connectivity index (χ1n) is 10.7. The van der Waals surface area contributed by atoms with Gasteiger partial charge in [-0.2, -0.15) is 0 Å². The molecule has 1 aliphatic heterocycles. The Morgan fingerprint density at radius 2 is 1.84 bits per heavy atom. The van der Waals surface area contributed by atoms with Gasteiger partial charge in [0.2, 0.25) is 5.95 Å². The number of nitrogens with zero attached hydrogens (tertiary/aromatic N) is 5. The van der Waals surface area contributed by atoms with E-state index in [9.17, 15) is 0 Å². The van der Waals surface area contributed by atoms with Crippen LogP contribution in [-0.2, 0) is 4.74 Å². The number of aromatic nitrogens is 4. The van der Waals surface area contributed by atoms with Crippen molar-refractivity contribution in [1.82, 2.24) is 24.8 Å². The summed E-state index contributed by atoms with van der Waals surface area (Å²) in [5.41, 5.74) is 3.40. The number of hydrogen-bond acceptors (Lipinski definition) is 8. The second-order valence-corrected chi connectivity index (χ2v) is 7.48. The first kappa shape index (κ1) is 20.3. The third-order valence-corrected chi connectivity index (χ3v) is 5.51. The van der Waals surface area contributed by atoms with E-state index in [1.807, 2.05) is 18.2 Å². The fourth-order valence-electron chi connectivity index (χ4n) is 3.90. The number of nitrogens with one attached hydrogen (secondary N) is 1. The normalized spacial score (nSPS) is 15.4. The minimum Gasteiger partial charge on any atom is -0.463 e. The van der Waals surface area contributed by atoms with Crippen molar-refractivity contribution < 1.29 is 9.15 Å². The fraction of sp³-hybridized carbons (Fsp3) is 0.250. The van der Waals surface area contributed by atoms with Crippen molar-refractivity contribution in [3.05, 3.63) is 79.1 Å². The van der Waals surface area contributed by atoms with Crippen LogP contribution in [0, 0.1) is 0 Å². The largest absolute Gasteiger partial charge is 0.463 e. The fourth-order valence-corrected chi connectivity index (χ4v) is 3.90. The Morgan fingerprint density at radius 3 is 2.59 bits per heavy atom. The van der Waals surface area contributed by atoms with Crippen molar-refractivity contribution in [3.8, 4) is 22.7 Å². The molecule has 1 aromatic carbocycles. The number of rotatable bonds is 7. The van der Waals surface area contributed by atoms with E-state index >= 15 is 0 Å². The maximum absolute atomic E-state index is 5.64. The van der Waals surface area contributed by atoms with Crippen molar-refractivity contribution in [2.45, 2.75) is 6.04 Å². The van der Waals surface area contributed by atoms with Gasteiger partial charge in [-0.25, -0.2) is 9.97 Å². The molecule has 162 valence electrons. The standard InChI is InChI=1S/C24H24N6O2/c1-2-5-18(6-3-1)21(30-10-13-31-14-11-30)17-28-24-27-15-19(20-16-25-8-9-26-20)23(29-24)22-7-4-12-32-22/h1-9,12,15-16,21H,10-11,13-14,17H2,(H,27,28,29)/t21-/m1/s1. The third-order valence-electron chi connectivity index (χ3n) is 5.51. The lowest BCUT2D eigenvalue weighted by molar-refractivity contribution is 0.0187. The lowest BCUT2D eigenvalue weighted by Crippen LogP contribution is -2.41. The van der Waals surface area contributed by atoms with Crippen LogP contribution in [0.15, 0.2) is 77.9 Å². The highest BCUT2D eigenvalue weighted by molar-refractivity contribution is 5.76. The van der Waals surface area contributed by atoms with Crippen LogP contribution in [0.5, 0.6) is 0 Å². The zero-order valence-corrected chi connectivity index (χ0v) is 17.6. The Hall–Kier alpha value is -3.62. The molecule has 8 heteroatoms. The Morgan fingerprint density at radius 1 is 0.969 bits per heavy atom. The topological polar surface area (TPSA) is 89.2 Å². The Kier molecular flexibility index (Phi) is 6.13. The summed E-state index contributed by atoms with van der Waals surface area (Å²) in [5.74, 6) is 1.20. The second kappa shape index (κ2) is 9.67. The number of benzene rings is 1. The average Bonchev–Trinajstić information content (AvgIpc) is 3.41. The number of ether oxygens (including phenoxy) is 1. The molecule has 1 N–H and O–H groups in total. The first-order chi connectivity index (χ1) is 15.9. The second-order valence-electron chi connectivity index (χ2n) is 7.48. The molecule has 8 nitrogen and oxygen atoms in total. The van der Waals surface area contributed by atoms with Crippen molar-refractivity contribution >= 4 is 5.95 Å². The van der Waals surface area contributed by atoms with Crippen molar-refractivity contribution in [2.24, 2.45) is 0 Å². The van der Waals surface area contributed by atoms with Crippen LogP contribution in [0.3, 0.4) is 0 Å². The summed E-state index contributed by atoms with van der Waals surface area (Å²) in [6.07, 6.45) is 8.39. The van der Waals surface area contributed by atoms with E-state index in [0.29, 0.717) is 29.6 Å². The molecule has 5 rings (SSSR count). The van der Waals surface area contributed by atoms with Crippen LogP contribution >= 0.6 is 0 Å². The maximum Gasteiger partial charge on any atom is 0.223 e. The molecule has 3 aromatic heterocycles. The predicted molar refractivity (Wildman–Crippen MR) is 121 cm³/mol. The summed E-state index contributed by atoms with van der Waals surface area (Å²) >= 11 is 0. The third kappa shape index (κ3) is 4.51. The zero-order chi connectivity index (χ0) is 21.6. The molecule has 1 atom stereocenters. The summed E-state index contributed by atoms with van der Waals surface area (Å²) in [6, 6.07) is 14.4. The number of anilines is 1. The highest BCUT2D eigenvalue weighted by Crippen LogP contribution is 2.30. The van der Waals surface area contributed by atoms with Gasteiger partial charge in [-0.3, -0.25) is 14.9 Å². The van der Waals surface area contributed by atoms with E-state index < -0.39 is 0 Å². The van der Waals surface area contributed by atoms with Crippen LogP contribution in [0.4, 0.5) is 5.95 Å². The Bertz CT molecular complexity index is 1120. The predicted octanol–water partition coefficient (Wildman–Crippen LogP) is 3.68. The van der Waals surface area contributed by atoms with Crippen LogP contribution in [0.2, 0.25) is 0 Å². The van der Waals surface area contributed by atoms with Gasteiger partial charge in [0.25, 0.3) is 0 Å². The number of morpholine rings is 1. The summed E-state index contributed by atoms with van der Waals surface area (Å²) in [7, 11) is 0. The Balaban J connectivity index is 1.42. The van der Waals surface area contributed by atoms with E-state index in [4.69, 9.17) is 14.1 Å². The van der Waals surface area contributed by atoms with Crippen LogP contribution in [0.1, 0.15) is 11.6 Å². The average molecular weight is 428 g/mol. The van der Waals surface area contributed by atoms with E-state index in [0.717, 1.165) is 31.9 Å². The monoisotopic (exact) mass is 428 g/mol. The molecule has 0 saturated carbocycles. The van der Waals surface area contributed by atoms with Crippen LogP contribution in [-0.4, -0.2) is 57.7 Å². The molecule has 0 amide bonds. The smallest absolute Gasteiger partial charge is 0.223 e. The van der Waals surface area contributed by atoms with E-state index in [1.54, 1.807) is 31.1 Å². The lowest BCUT2D eigenvalue weighted by Gasteiger charge is -2.35. The van der Waals surface area contributed by atoms with Gasteiger partial charge in [0.15, 0.2) is 5.76 Å². The maximum atomic E-state index is 5.64. The lowest BCUT2D eigenvalue weighted by atomic mass is 10.0. The van der Waals surface area contributed by atoms with Gasteiger partial charge in [-0.05, 0) is 17.7 Å². The van der Waals surface area contributed by atoms with Gasteiger partial charge in [-0.15, -0.1) is 0 Å². The van der Waals surface area contributed by atoms with Gasteiger partial charge in [0.05, 0.1) is 37.4 Å². The molecule has 0 radical (unpaired) electrons. The van der Waals surface area contributed by atoms with Gasteiger partial charge in [-0.1, -0.05) is 30.3 Å². The molecule has 32 heavy (non-hydrogen) atoms. The van der Waals surface area contributed by atoms with Crippen LogP contribution < -0.4 is 5.32 Å². The van der Waals surface area contributed by atoms with Gasteiger partial charge < -0.3 is 14.5 Å². The summed E-state index contributed by atoms with van der Waals surface area (Å²) in [4.78, 5) is 20.3. The zero-order valence-electron chi connectivity index (χ0n) is 17.6. The molecule has 0 spiro atoms. The summed E-state index contributed by atoms with van der Waals surface area (Å²) < 4.78 is 11.2. The molecule has 0 bridgehead atoms. The van der Waals surface area contributed by atoms with Crippen molar-refractivity contribution in [1.29, 1.82) is 0 Å². The Labute approximate surface area is 186 Å². The molecule has 1 aliphatic rings. The SMILES string of the molecule is c1ccc([C@@H](CNc2ncc(-c3cnccn3)c(-c3ccco3)n2)N2CCOCC2)cc1. The van der Waals surface area contributed by atoms with E-state index in [2.05, 4.69) is 49.4 Å². The van der Waals surface area contributed by atoms with Gasteiger partial charge in [0, 0.05) is 43.8 Å². The summed E-state index contributed by atoms with van der Waals surface area (Å²) in [5, 5.41) is 3.44. The van der Waals surface area contributed by atoms with E-state index in [1.165, 1.54) is 5.56 Å². The molecule has 0 unspecified atom stereocenters. The molecule has 4 heterocycles. The highest BCUT2D eigenvalue weighted by Gasteiger charge is 2.23. The summed E-state index contributed by atoms with van der Waals surface area (Å²) in [6.45, 7) is 3.95. The first-order valence-corrected chi connectivity index (χ1v) is 10.7. The molecular formula is C24H24N6O2. The van der Waals surface area contributed by atoms with Gasteiger partial charge in [0.1, 0.15) is 5.69 Å². The number of furan rings is 1. The molecule has 1 saturated heterocycles. The van der Waals surface area contributed by atoms with Crippen molar-refractivity contribution in [3.63, 3.8) is 0 Å². The number of hydrogen-bond donors (Lipinski definition) is 1. The molecule has 4 aromatic rings.